The van der Waals surface area contributed by atoms with E-state index in [4.69, 9.17) is 10.0 Å². The molecule has 25 heavy (non-hydrogen) atoms. The Morgan fingerprint density at radius 3 is 2.44 bits per heavy atom. The molecular formula is C20H21BN2O2. The van der Waals surface area contributed by atoms with Gasteiger partial charge in [0.1, 0.15) is 0 Å². The number of aromatic nitrogens is 1. The number of nitrogens with zero attached hydrogens (tertiary/aromatic N) is 1. The monoisotopic (exact) mass is 332 g/mol. The summed E-state index contributed by atoms with van der Waals surface area (Å²) in [4.78, 5) is 4.00. The normalized spacial score (nSPS) is 11.8. The molecule has 0 saturated heterocycles. The first kappa shape index (κ1) is 18.5. The van der Waals surface area contributed by atoms with E-state index < -0.39 is 7.12 Å². The topological polar surface area (TPSA) is 65.4 Å². The summed E-state index contributed by atoms with van der Waals surface area (Å²) in [5, 5.41) is 21.4. The summed E-state index contributed by atoms with van der Waals surface area (Å²) in [7, 11) is -1.43. The number of hydrogen-bond donors (Lipinski definition) is 3. The van der Waals surface area contributed by atoms with Crippen LogP contribution in [0.5, 0.6) is 0 Å². The van der Waals surface area contributed by atoms with Gasteiger partial charge in [0.25, 0.3) is 0 Å². The van der Waals surface area contributed by atoms with Crippen LogP contribution in [0.1, 0.15) is 11.1 Å². The molecule has 4 nitrogen and oxygen atoms in total. The van der Waals surface area contributed by atoms with Crippen LogP contribution >= 0.6 is 0 Å². The Morgan fingerprint density at radius 2 is 1.80 bits per heavy atom. The van der Waals surface area contributed by atoms with Crippen LogP contribution in [-0.2, 0) is 6.54 Å². The molecule has 0 fully saturated rings. The van der Waals surface area contributed by atoms with Crippen LogP contribution in [0, 0.1) is 0 Å². The first-order valence-corrected chi connectivity index (χ1v) is 7.95. The quantitative estimate of drug-likeness (QED) is 0.512. The Balaban J connectivity index is 1.90. The molecule has 2 rings (SSSR count). The summed E-state index contributed by atoms with van der Waals surface area (Å²) < 4.78 is 0. The molecule has 0 spiro atoms. The van der Waals surface area contributed by atoms with E-state index >= 15 is 0 Å². The van der Waals surface area contributed by atoms with Crippen molar-refractivity contribution in [2.75, 3.05) is 0 Å². The fraction of sp³-hybridized carbons (Fsp3) is 0.0500. The zero-order chi connectivity index (χ0) is 17.9. The minimum absolute atomic E-state index is 0.483. The molecule has 0 radical (unpaired) electrons. The van der Waals surface area contributed by atoms with Gasteiger partial charge in [-0.1, -0.05) is 55.1 Å². The highest BCUT2D eigenvalue weighted by Crippen LogP contribution is 2.06. The second kappa shape index (κ2) is 10.1. The molecule has 0 bridgehead atoms. The van der Waals surface area contributed by atoms with Gasteiger partial charge in [0.15, 0.2) is 0 Å². The van der Waals surface area contributed by atoms with Crippen molar-refractivity contribution in [1.82, 2.24) is 10.3 Å². The zero-order valence-electron chi connectivity index (χ0n) is 13.9. The van der Waals surface area contributed by atoms with Crippen molar-refractivity contribution in [2.45, 2.75) is 6.54 Å². The summed E-state index contributed by atoms with van der Waals surface area (Å²) in [5.41, 5.74) is 3.63. The summed E-state index contributed by atoms with van der Waals surface area (Å²) in [6.07, 6.45) is 15.0. The van der Waals surface area contributed by atoms with Gasteiger partial charge < -0.3 is 15.4 Å². The molecule has 5 heteroatoms. The molecule has 1 aromatic carbocycles. The molecule has 0 aliphatic carbocycles. The number of hydrogen-bond acceptors (Lipinski definition) is 4. The van der Waals surface area contributed by atoms with Crippen LogP contribution in [-0.4, -0.2) is 22.2 Å². The summed E-state index contributed by atoms with van der Waals surface area (Å²) >= 11 is 0. The maximum Gasteiger partial charge on any atom is 0.488 e. The predicted molar refractivity (Wildman–Crippen MR) is 104 cm³/mol. The van der Waals surface area contributed by atoms with Crippen molar-refractivity contribution in [3.05, 3.63) is 103 Å². The van der Waals surface area contributed by atoms with Crippen LogP contribution in [0.25, 0.3) is 6.08 Å². The van der Waals surface area contributed by atoms with Crippen LogP contribution in [0.15, 0.2) is 91.4 Å². The van der Waals surface area contributed by atoms with Gasteiger partial charge in [-0.05, 0) is 46.6 Å². The first-order valence-electron chi connectivity index (χ1n) is 7.95. The van der Waals surface area contributed by atoms with E-state index in [-0.39, 0.29) is 0 Å². The largest absolute Gasteiger partial charge is 0.488 e. The molecule has 0 saturated carbocycles. The fourth-order valence-corrected chi connectivity index (χ4v) is 2.11. The average Bonchev–Trinajstić information content (AvgIpc) is 2.64. The molecule has 1 aromatic heterocycles. The van der Waals surface area contributed by atoms with Crippen molar-refractivity contribution in [1.29, 1.82) is 0 Å². The van der Waals surface area contributed by atoms with Crippen molar-refractivity contribution < 1.29 is 10.0 Å². The highest BCUT2D eigenvalue weighted by molar-refractivity contribution is 6.58. The van der Waals surface area contributed by atoms with E-state index in [9.17, 15) is 0 Å². The van der Waals surface area contributed by atoms with E-state index in [1.54, 1.807) is 30.6 Å². The molecular weight excluding hydrogens is 311 g/mol. The molecule has 0 unspecified atom stereocenters. The molecule has 1 heterocycles. The van der Waals surface area contributed by atoms with E-state index in [0.717, 1.165) is 16.7 Å². The number of nitrogens with one attached hydrogen (secondary N) is 1. The van der Waals surface area contributed by atoms with Gasteiger partial charge in [0.05, 0.1) is 0 Å². The Morgan fingerprint density at radius 1 is 1.08 bits per heavy atom. The van der Waals surface area contributed by atoms with Crippen molar-refractivity contribution in [3.8, 4) is 0 Å². The maximum atomic E-state index is 9.08. The minimum Gasteiger partial charge on any atom is -0.423 e. The lowest BCUT2D eigenvalue weighted by molar-refractivity contribution is 0.426. The molecule has 2 aromatic rings. The van der Waals surface area contributed by atoms with Gasteiger partial charge in [0, 0.05) is 18.9 Å². The Labute approximate surface area is 148 Å². The lowest BCUT2D eigenvalue weighted by Crippen LogP contribution is -2.29. The van der Waals surface area contributed by atoms with Gasteiger partial charge in [-0.2, -0.15) is 0 Å². The maximum absolute atomic E-state index is 9.08. The zero-order valence-corrected chi connectivity index (χ0v) is 13.9. The Hall–Kier alpha value is -2.89. The van der Waals surface area contributed by atoms with Crippen molar-refractivity contribution in [3.63, 3.8) is 0 Å². The van der Waals surface area contributed by atoms with Crippen LogP contribution in [0.3, 0.4) is 0 Å². The summed E-state index contributed by atoms with van der Waals surface area (Å²) in [5.74, 6) is 0. The van der Waals surface area contributed by atoms with Crippen LogP contribution in [0.4, 0.5) is 0 Å². The van der Waals surface area contributed by atoms with E-state index in [0.29, 0.717) is 12.0 Å². The first-order chi connectivity index (χ1) is 12.2. The van der Waals surface area contributed by atoms with Crippen molar-refractivity contribution in [2.24, 2.45) is 0 Å². The molecule has 0 amide bonds. The Kier molecular flexibility index (Phi) is 7.44. The lowest BCUT2D eigenvalue weighted by Gasteiger charge is -2.04. The third-order valence-corrected chi connectivity index (χ3v) is 3.46. The predicted octanol–water partition coefficient (Wildman–Crippen LogP) is 2.19. The SMILES string of the molecule is C=C/C=C(\C=C/NCc1ccc(B(O)O)cc1)/C=C/c1ccncc1. The van der Waals surface area contributed by atoms with E-state index in [1.165, 1.54) is 0 Å². The fourth-order valence-electron chi connectivity index (χ4n) is 2.11. The van der Waals surface area contributed by atoms with E-state index in [1.807, 2.05) is 54.8 Å². The van der Waals surface area contributed by atoms with E-state index in [2.05, 4.69) is 16.9 Å². The third kappa shape index (κ3) is 6.63. The highest BCUT2D eigenvalue weighted by atomic mass is 16.4. The van der Waals surface area contributed by atoms with Gasteiger partial charge in [-0.25, -0.2) is 0 Å². The number of pyridine rings is 1. The smallest absolute Gasteiger partial charge is 0.423 e. The number of benzene rings is 1. The number of allylic oxidation sites excluding steroid dienone is 5. The second-order valence-corrected chi connectivity index (χ2v) is 5.35. The molecule has 126 valence electrons. The van der Waals surface area contributed by atoms with Gasteiger partial charge in [0.2, 0.25) is 0 Å². The average molecular weight is 332 g/mol. The molecule has 0 aliphatic rings. The van der Waals surface area contributed by atoms with Gasteiger partial charge >= 0.3 is 7.12 Å². The minimum atomic E-state index is -1.43. The lowest BCUT2D eigenvalue weighted by atomic mass is 9.80. The summed E-state index contributed by atoms with van der Waals surface area (Å²) in [6.45, 7) is 4.38. The van der Waals surface area contributed by atoms with Crippen LogP contribution < -0.4 is 10.8 Å². The highest BCUT2D eigenvalue weighted by Gasteiger charge is 2.09. The number of rotatable bonds is 8. The Bertz CT molecular complexity index is 751. The third-order valence-electron chi connectivity index (χ3n) is 3.46. The second-order valence-electron chi connectivity index (χ2n) is 5.35. The van der Waals surface area contributed by atoms with Gasteiger partial charge in [-0.3, -0.25) is 4.98 Å². The standard InChI is InChI=1S/C20H21BN2O2/c1-2-3-17(4-5-18-10-13-22-14-11-18)12-15-23-16-19-6-8-20(9-7-19)21(24)25/h2-15,23-25H,1,16H2/b5-4+,15-12-,17-3-. The van der Waals surface area contributed by atoms with Crippen LogP contribution in [0.2, 0.25) is 0 Å². The molecule has 3 N–H and O–H groups in total. The molecule has 0 atom stereocenters. The molecule has 0 aliphatic heterocycles. The van der Waals surface area contributed by atoms with Gasteiger partial charge in [-0.15, -0.1) is 0 Å². The van der Waals surface area contributed by atoms with Crippen molar-refractivity contribution >= 4 is 18.7 Å². The summed E-state index contributed by atoms with van der Waals surface area (Å²) in [6, 6.07) is 11.0.